The molecule has 202 valence electrons. The molecule has 0 bridgehead atoms. The first-order valence-corrected chi connectivity index (χ1v) is 14.0. The predicted octanol–water partition coefficient (Wildman–Crippen LogP) is 11.8. The number of benzene rings is 7. The summed E-state index contributed by atoms with van der Waals surface area (Å²) in [6, 6.07) is 35.7. The molecule has 7 aromatic carbocycles. The van der Waals surface area contributed by atoms with Crippen molar-refractivity contribution in [3.8, 4) is 11.1 Å². The molecule has 2 aromatic heterocycles. The van der Waals surface area contributed by atoms with E-state index in [-0.39, 0.29) is 53.1 Å². The van der Waals surface area contributed by atoms with Crippen LogP contribution in [0.1, 0.15) is 8.22 Å². The summed E-state index contributed by atoms with van der Waals surface area (Å²) in [6.45, 7) is 0. The highest BCUT2D eigenvalue weighted by molar-refractivity contribution is 6.19. The average Bonchev–Trinajstić information content (AvgIpc) is 3.71. The Morgan fingerprint density at radius 2 is 1.23 bits per heavy atom. The Bertz CT molecular complexity index is 2790. The summed E-state index contributed by atoms with van der Waals surface area (Å²) < 4.78 is 65.2. The standard InChI is InChI=1S/C40H25NO2/c1-2-10-26(11-3-1)27-20-23-29(24-21-27)41(34-16-9-19-37-38(34)33-14-6-7-18-36(33)42-37)35-17-8-15-31-32-25-22-28-12-4-5-13-30(28)39(32)43-40(31)35/h1-25H/i6D,7D,9D,16D,18D,19D. The van der Waals surface area contributed by atoms with Gasteiger partial charge in [-0.05, 0) is 58.9 Å². The molecule has 0 atom stereocenters. The molecule has 0 radical (unpaired) electrons. The minimum atomic E-state index is -0.348. The summed E-state index contributed by atoms with van der Waals surface area (Å²) in [6.07, 6.45) is 0. The quantitative estimate of drug-likeness (QED) is 0.215. The minimum Gasteiger partial charge on any atom is -0.456 e. The number of anilines is 3. The molecular formula is C40H25NO2. The van der Waals surface area contributed by atoms with Crippen molar-refractivity contribution in [3.63, 3.8) is 0 Å². The highest BCUT2D eigenvalue weighted by atomic mass is 16.3. The van der Waals surface area contributed by atoms with Gasteiger partial charge in [0.2, 0.25) is 0 Å². The van der Waals surface area contributed by atoms with Crippen molar-refractivity contribution in [2.45, 2.75) is 0 Å². The van der Waals surface area contributed by atoms with Gasteiger partial charge in [0, 0.05) is 27.2 Å². The van der Waals surface area contributed by atoms with Crippen LogP contribution in [0.2, 0.25) is 0 Å². The van der Waals surface area contributed by atoms with E-state index in [1.165, 1.54) is 6.07 Å². The van der Waals surface area contributed by atoms with Crippen molar-refractivity contribution >= 4 is 71.7 Å². The van der Waals surface area contributed by atoms with Crippen molar-refractivity contribution in [3.05, 3.63) is 152 Å². The maximum atomic E-state index is 9.36. The van der Waals surface area contributed by atoms with E-state index in [0.717, 1.165) is 38.3 Å². The number of fused-ring (bicyclic) bond motifs is 8. The summed E-state index contributed by atoms with van der Waals surface area (Å²) >= 11 is 0. The molecular weight excluding hydrogens is 526 g/mol. The van der Waals surface area contributed by atoms with Crippen LogP contribution in [-0.4, -0.2) is 0 Å². The van der Waals surface area contributed by atoms with Crippen LogP contribution in [0.4, 0.5) is 17.1 Å². The van der Waals surface area contributed by atoms with Gasteiger partial charge >= 0.3 is 0 Å². The Labute approximate surface area is 256 Å². The van der Waals surface area contributed by atoms with E-state index in [1.807, 2.05) is 108 Å². The van der Waals surface area contributed by atoms with E-state index in [1.54, 1.807) is 0 Å². The first-order chi connectivity index (χ1) is 23.8. The van der Waals surface area contributed by atoms with Crippen molar-refractivity contribution in [1.82, 2.24) is 0 Å². The van der Waals surface area contributed by atoms with Crippen LogP contribution in [0.25, 0.3) is 65.8 Å². The molecule has 3 heteroatoms. The van der Waals surface area contributed by atoms with Gasteiger partial charge in [-0.15, -0.1) is 0 Å². The SMILES string of the molecule is [2H]c1cc2c(oc3c([2H])c([2H])c([2H])c(N(c4ccc(-c5ccccc5)cc4)c4cccc5c4oc4c6ccccc6ccc54)c32)c([2H])c1[2H]. The van der Waals surface area contributed by atoms with E-state index >= 15 is 0 Å². The minimum absolute atomic E-state index is 0.0122. The zero-order valence-corrected chi connectivity index (χ0v) is 22.7. The van der Waals surface area contributed by atoms with E-state index in [0.29, 0.717) is 27.7 Å². The number of furan rings is 2. The van der Waals surface area contributed by atoms with Gasteiger partial charge in [-0.2, -0.15) is 0 Å². The zero-order chi connectivity index (χ0) is 33.6. The molecule has 9 rings (SSSR count). The van der Waals surface area contributed by atoms with Crippen molar-refractivity contribution in [1.29, 1.82) is 0 Å². The van der Waals surface area contributed by atoms with Crippen LogP contribution in [0, 0.1) is 0 Å². The van der Waals surface area contributed by atoms with E-state index < -0.39 is 0 Å². The van der Waals surface area contributed by atoms with Gasteiger partial charge in [0.1, 0.15) is 16.7 Å². The summed E-state index contributed by atoms with van der Waals surface area (Å²) in [5.41, 5.74) is 4.88. The van der Waals surface area contributed by atoms with E-state index in [2.05, 4.69) is 6.07 Å². The second-order valence-corrected chi connectivity index (χ2v) is 10.5. The fourth-order valence-corrected chi connectivity index (χ4v) is 6.09. The lowest BCUT2D eigenvalue weighted by atomic mass is 10.0. The molecule has 0 aliphatic rings. The van der Waals surface area contributed by atoms with Crippen LogP contribution in [-0.2, 0) is 0 Å². The van der Waals surface area contributed by atoms with Gasteiger partial charge in [-0.25, -0.2) is 0 Å². The summed E-state index contributed by atoms with van der Waals surface area (Å²) in [5.74, 6) is 0. The molecule has 0 spiro atoms. The molecule has 0 amide bonds. The second kappa shape index (κ2) is 9.37. The summed E-state index contributed by atoms with van der Waals surface area (Å²) in [7, 11) is 0. The Balaban J connectivity index is 1.41. The highest BCUT2D eigenvalue weighted by Gasteiger charge is 2.23. The Kier molecular flexibility index (Phi) is 4.05. The molecule has 43 heavy (non-hydrogen) atoms. The third-order valence-corrected chi connectivity index (χ3v) is 8.07. The molecule has 0 fully saturated rings. The van der Waals surface area contributed by atoms with Crippen LogP contribution in [0.15, 0.2) is 160 Å². The fourth-order valence-electron chi connectivity index (χ4n) is 6.09. The molecule has 0 N–H and O–H groups in total. The largest absolute Gasteiger partial charge is 0.456 e. The van der Waals surface area contributed by atoms with Crippen molar-refractivity contribution in [2.75, 3.05) is 4.90 Å². The van der Waals surface area contributed by atoms with E-state index in [4.69, 9.17) is 15.7 Å². The molecule has 0 saturated carbocycles. The average molecular weight is 558 g/mol. The Morgan fingerprint density at radius 3 is 2.14 bits per heavy atom. The van der Waals surface area contributed by atoms with Gasteiger partial charge in [0.25, 0.3) is 0 Å². The first kappa shape index (κ1) is 18.6. The lowest BCUT2D eigenvalue weighted by molar-refractivity contribution is 0.668. The fraction of sp³-hybridized carbons (Fsp3) is 0. The van der Waals surface area contributed by atoms with Gasteiger partial charge in [0.15, 0.2) is 5.58 Å². The lowest BCUT2D eigenvalue weighted by Gasteiger charge is -2.26. The Hall–Kier alpha value is -5.80. The maximum Gasteiger partial charge on any atom is 0.159 e. The van der Waals surface area contributed by atoms with Gasteiger partial charge < -0.3 is 13.7 Å². The van der Waals surface area contributed by atoms with Crippen LogP contribution < -0.4 is 4.90 Å². The van der Waals surface area contributed by atoms with E-state index in [9.17, 15) is 1.37 Å². The zero-order valence-electron chi connectivity index (χ0n) is 28.7. The molecule has 9 aromatic rings. The van der Waals surface area contributed by atoms with Crippen LogP contribution in [0.3, 0.4) is 0 Å². The topological polar surface area (TPSA) is 29.5 Å². The number of para-hydroxylation sites is 2. The normalized spacial score (nSPS) is 13.7. The Morgan fingerprint density at radius 1 is 0.465 bits per heavy atom. The smallest absolute Gasteiger partial charge is 0.159 e. The molecule has 0 saturated heterocycles. The first-order valence-electron chi connectivity index (χ1n) is 17.0. The number of nitrogens with zero attached hydrogens (tertiary/aromatic N) is 1. The third kappa shape index (κ3) is 3.68. The number of hydrogen-bond donors (Lipinski definition) is 0. The van der Waals surface area contributed by atoms with Gasteiger partial charge in [-0.1, -0.05) is 109 Å². The molecule has 2 heterocycles. The van der Waals surface area contributed by atoms with Crippen LogP contribution >= 0.6 is 0 Å². The second-order valence-electron chi connectivity index (χ2n) is 10.5. The van der Waals surface area contributed by atoms with Gasteiger partial charge in [0.05, 0.1) is 25.0 Å². The van der Waals surface area contributed by atoms with Crippen molar-refractivity contribution in [2.24, 2.45) is 0 Å². The third-order valence-electron chi connectivity index (χ3n) is 8.07. The molecule has 0 unspecified atom stereocenters. The predicted molar refractivity (Wildman–Crippen MR) is 179 cm³/mol. The van der Waals surface area contributed by atoms with Crippen molar-refractivity contribution < 1.29 is 17.1 Å². The van der Waals surface area contributed by atoms with Crippen LogP contribution in [0.5, 0.6) is 0 Å². The monoisotopic (exact) mass is 557 g/mol. The lowest BCUT2D eigenvalue weighted by Crippen LogP contribution is -2.10. The summed E-state index contributed by atoms with van der Waals surface area (Å²) in [4.78, 5) is 1.85. The molecule has 0 aliphatic carbocycles. The summed E-state index contributed by atoms with van der Waals surface area (Å²) in [5, 5.41) is 4.45. The highest BCUT2D eigenvalue weighted by Crippen LogP contribution is 2.47. The van der Waals surface area contributed by atoms with Gasteiger partial charge in [-0.3, -0.25) is 0 Å². The molecule has 3 nitrogen and oxygen atoms in total. The number of rotatable bonds is 4. The molecule has 0 aliphatic heterocycles. The maximum absolute atomic E-state index is 9.36. The number of hydrogen-bond acceptors (Lipinski definition) is 3.